The van der Waals surface area contributed by atoms with Crippen LogP contribution in [0.1, 0.15) is 12.5 Å². The first kappa shape index (κ1) is 17.4. The summed E-state index contributed by atoms with van der Waals surface area (Å²) in [5, 5.41) is 10.2. The summed E-state index contributed by atoms with van der Waals surface area (Å²) in [7, 11) is 1.59. The lowest BCUT2D eigenvalue weighted by Gasteiger charge is -2.11. The monoisotopic (exact) mass is 403 g/mol. The van der Waals surface area contributed by atoms with Crippen LogP contribution in [0.4, 0.5) is 0 Å². The predicted octanol–water partition coefficient (Wildman–Crippen LogP) is 4.63. The Morgan fingerprint density at radius 3 is 2.68 bits per heavy atom. The number of aromatic nitrogens is 1. The number of ether oxygens (including phenoxy) is 2. The number of halogens is 1. The van der Waals surface area contributed by atoms with Gasteiger partial charge >= 0.3 is 5.97 Å². The van der Waals surface area contributed by atoms with Gasteiger partial charge in [0.2, 0.25) is 0 Å². The molecule has 0 saturated carbocycles. The molecule has 0 aliphatic carbocycles. The number of benzene rings is 2. The lowest BCUT2D eigenvalue weighted by atomic mass is 10.0. The maximum Gasteiger partial charge on any atom is 0.307 e. The minimum absolute atomic E-state index is 0.0681. The van der Waals surface area contributed by atoms with Crippen molar-refractivity contribution in [3.63, 3.8) is 0 Å². The maximum atomic E-state index is 11.4. The second kappa shape index (κ2) is 7.19. The number of aliphatic carboxylic acids is 1. The van der Waals surface area contributed by atoms with Crippen LogP contribution in [0.25, 0.3) is 22.2 Å². The van der Waals surface area contributed by atoms with Crippen LogP contribution >= 0.6 is 15.9 Å². The number of hydrogen-bond donors (Lipinski definition) is 2. The van der Waals surface area contributed by atoms with Gasteiger partial charge in [0, 0.05) is 20.9 Å². The first-order chi connectivity index (χ1) is 12.0. The Bertz CT molecular complexity index is 933. The molecule has 1 heterocycles. The number of hydrogen-bond acceptors (Lipinski definition) is 3. The van der Waals surface area contributed by atoms with E-state index in [-0.39, 0.29) is 6.42 Å². The number of carboxylic acid groups (broad SMARTS) is 1. The van der Waals surface area contributed by atoms with Gasteiger partial charge in [-0.05, 0) is 48.9 Å². The average Bonchev–Trinajstić information content (AvgIpc) is 2.93. The first-order valence-corrected chi connectivity index (χ1v) is 8.66. The molecule has 6 heteroatoms. The van der Waals surface area contributed by atoms with Gasteiger partial charge in [0.1, 0.15) is 0 Å². The van der Waals surface area contributed by atoms with E-state index in [1.807, 2.05) is 43.3 Å². The van der Waals surface area contributed by atoms with E-state index < -0.39 is 5.97 Å². The third-order valence-electron chi connectivity index (χ3n) is 3.95. The molecule has 0 atom stereocenters. The van der Waals surface area contributed by atoms with Crippen LogP contribution in [0.3, 0.4) is 0 Å². The van der Waals surface area contributed by atoms with Crippen molar-refractivity contribution in [2.75, 3.05) is 13.7 Å². The number of methoxy groups -OCH3 is 1. The highest BCUT2D eigenvalue weighted by Crippen LogP contribution is 2.37. The minimum atomic E-state index is -0.875. The molecule has 0 aliphatic rings. The molecule has 2 N–H and O–H groups in total. The summed E-state index contributed by atoms with van der Waals surface area (Å²) in [5.41, 5.74) is 3.26. The predicted molar refractivity (Wildman–Crippen MR) is 100 cm³/mol. The molecule has 0 aliphatic heterocycles. The van der Waals surface area contributed by atoms with Crippen molar-refractivity contribution in [3.8, 4) is 22.8 Å². The molecule has 0 spiro atoms. The molecule has 0 fully saturated rings. The van der Waals surface area contributed by atoms with Gasteiger partial charge in [-0.2, -0.15) is 0 Å². The number of H-pyrrole nitrogens is 1. The highest BCUT2D eigenvalue weighted by Gasteiger charge is 2.17. The van der Waals surface area contributed by atoms with Crippen molar-refractivity contribution < 1.29 is 19.4 Å². The van der Waals surface area contributed by atoms with E-state index in [2.05, 4.69) is 20.9 Å². The van der Waals surface area contributed by atoms with E-state index in [0.717, 1.165) is 32.2 Å². The van der Waals surface area contributed by atoms with E-state index in [9.17, 15) is 9.90 Å². The molecule has 0 saturated heterocycles. The first-order valence-electron chi connectivity index (χ1n) is 7.86. The molecule has 3 aromatic rings. The fraction of sp³-hybridized carbons (Fsp3) is 0.211. The zero-order chi connectivity index (χ0) is 18.0. The highest BCUT2D eigenvalue weighted by molar-refractivity contribution is 9.10. The normalized spacial score (nSPS) is 10.8. The van der Waals surface area contributed by atoms with Gasteiger partial charge in [-0.25, -0.2) is 0 Å². The molecule has 3 rings (SSSR count). The fourth-order valence-electron chi connectivity index (χ4n) is 2.90. The number of nitrogens with one attached hydrogen (secondary N) is 1. The van der Waals surface area contributed by atoms with Gasteiger partial charge in [-0.15, -0.1) is 0 Å². The zero-order valence-corrected chi connectivity index (χ0v) is 15.5. The van der Waals surface area contributed by atoms with Crippen LogP contribution in [0.2, 0.25) is 0 Å². The number of carbonyl (C=O) groups is 1. The molecular weight excluding hydrogens is 386 g/mol. The Labute approximate surface area is 153 Å². The van der Waals surface area contributed by atoms with Gasteiger partial charge < -0.3 is 19.6 Å². The number of carboxylic acids is 1. The largest absolute Gasteiger partial charge is 0.493 e. The van der Waals surface area contributed by atoms with Crippen molar-refractivity contribution in [3.05, 3.63) is 46.4 Å². The SMILES string of the molecule is CCOc1ccc(-c2[nH]c3ccc(Br)cc3c2CC(=O)O)cc1OC. The van der Waals surface area contributed by atoms with Crippen LogP contribution < -0.4 is 9.47 Å². The molecule has 0 bridgehead atoms. The summed E-state index contributed by atoms with van der Waals surface area (Å²) in [6, 6.07) is 11.4. The second-order valence-electron chi connectivity index (χ2n) is 5.54. The Balaban J connectivity index is 2.19. The third kappa shape index (κ3) is 3.49. The van der Waals surface area contributed by atoms with E-state index in [0.29, 0.717) is 18.1 Å². The van der Waals surface area contributed by atoms with Crippen molar-refractivity contribution in [2.24, 2.45) is 0 Å². The minimum Gasteiger partial charge on any atom is -0.493 e. The van der Waals surface area contributed by atoms with Crippen LogP contribution in [-0.4, -0.2) is 29.8 Å². The molecule has 0 unspecified atom stereocenters. The van der Waals surface area contributed by atoms with E-state index >= 15 is 0 Å². The van der Waals surface area contributed by atoms with Gasteiger partial charge in [-0.3, -0.25) is 4.79 Å². The lowest BCUT2D eigenvalue weighted by molar-refractivity contribution is -0.136. The van der Waals surface area contributed by atoms with Gasteiger partial charge in [0.15, 0.2) is 11.5 Å². The Morgan fingerprint density at radius 2 is 2.00 bits per heavy atom. The van der Waals surface area contributed by atoms with Gasteiger partial charge in [0.05, 0.1) is 25.8 Å². The van der Waals surface area contributed by atoms with Crippen molar-refractivity contribution >= 4 is 32.8 Å². The molecule has 130 valence electrons. The summed E-state index contributed by atoms with van der Waals surface area (Å²) in [5.74, 6) is 0.396. The fourth-order valence-corrected chi connectivity index (χ4v) is 3.26. The van der Waals surface area contributed by atoms with Gasteiger partial charge in [0.25, 0.3) is 0 Å². The zero-order valence-electron chi connectivity index (χ0n) is 13.9. The van der Waals surface area contributed by atoms with Crippen molar-refractivity contribution in [2.45, 2.75) is 13.3 Å². The van der Waals surface area contributed by atoms with Crippen molar-refractivity contribution in [1.29, 1.82) is 0 Å². The van der Waals surface area contributed by atoms with E-state index in [1.54, 1.807) is 7.11 Å². The highest BCUT2D eigenvalue weighted by atomic mass is 79.9. The Kier molecular flexibility index (Phi) is 4.99. The van der Waals surface area contributed by atoms with E-state index in [1.165, 1.54) is 0 Å². The van der Waals surface area contributed by atoms with Crippen LogP contribution in [-0.2, 0) is 11.2 Å². The number of aromatic amines is 1. The van der Waals surface area contributed by atoms with Crippen molar-refractivity contribution in [1.82, 2.24) is 4.98 Å². The average molecular weight is 404 g/mol. The summed E-state index contributed by atoms with van der Waals surface area (Å²) in [4.78, 5) is 14.7. The number of fused-ring (bicyclic) bond motifs is 1. The van der Waals surface area contributed by atoms with Gasteiger partial charge in [-0.1, -0.05) is 15.9 Å². The lowest BCUT2D eigenvalue weighted by Crippen LogP contribution is -2.01. The summed E-state index contributed by atoms with van der Waals surface area (Å²) in [6.45, 7) is 2.45. The molecule has 5 nitrogen and oxygen atoms in total. The molecule has 25 heavy (non-hydrogen) atoms. The quantitative estimate of drug-likeness (QED) is 0.629. The van der Waals surface area contributed by atoms with Crippen LogP contribution in [0.5, 0.6) is 11.5 Å². The standard InChI is InChI=1S/C19H18BrNO4/c1-3-25-16-7-4-11(8-17(16)24-2)19-14(10-18(22)23)13-9-12(20)5-6-15(13)21-19/h4-9,21H,3,10H2,1-2H3,(H,22,23). The summed E-state index contributed by atoms with van der Waals surface area (Å²) >= 11 is 3.45. The third-order valence-corrected chi connectivity index (χ3v) is 4.44. The molecule has 1 aromatic heterocycles. The smallest absolute Gasteiger partial charge is 0.307 e. The number of rotatable bonds is 6. The Hall–Kier alpha value is -2.47. The molecule has 0 radical (unpaired) electrons. The molecule has 0 amide bonds. The van der Waals surface area contributed by atoms with Crippen LogP contribution in [0, 0.1) is 0 Å². The molecule has 2 aromatic carbocycles. The maximum absolute atomic E-state index is 11.4. The molecular formula is C19H18BrNO4. The van der Waals surface area contributed by atoms with Crippen LogP contribution in [0.15, 0.2) is 40.9 Å². The topological polar surface area (TPSA) is 71.6 Å². The summed E-state index contributed by atoms with van der Waals surface area (Å²) in [6.07, 6.45) is -0.0681. The summed E-state index contributed by atoms with van der Waals surface area (Å²) < 4.78 is 11.9. The second-order valence-corrected chi connectivity index (χ2v) is 6.45. The Morgan fingerprint density at radius 1 is 1.20 bits per heavy atom. The van der Waals surface area contributed by atoms with E-state index in [4.69, 9.17) is 9.47 Å².